The summed E-state index contributed by atoms with van der Waals surface area (Å²) in [5.74, 6) is -0.177. The van der Waals surface area contributed by atoms with Gasteiger partial charge in [-0.2, -0.15) is 0 Å². The largest absolute Gasteiger partial charge is 0.460 e. The lowest BCUT2D eigenvalue weighted by Gasteiger charge is -2.19. The maximum absolute atomic E-state index is 11.5. The molecule has 1 rings (SSSR count). The molecule has 1 aromatic rings. The second kappa shape index (κ2) is 5.82. The van der Waals surface area contributed by atoms with Crippen LogP contribution in [0.15, 0.2) is 24.3 Å². The van der Waals surface area contributed by atoms with Gasteiger partial charge < -0.3 is 9.84 Å². The summed E-state index contributed by atoms with van der Waals surface area (Å²) in [7, 11) is 0. The Morgan fingerprint density at radius 1 is 1.18 bits per heavy atom. The fraction of sp³-hybridized carbons (Fsp3) is 0.500. The van der Waals surface area contributed by atoms with Crippen molar-refractivity contribution in [1.29, 1.82) is 0 Å². The van der Waals surface area contributed by atoms with Crippen molar-refractivity contribution in [1.82, 2.24) is 0 Å². The highest BCUT2D eigenvalue weighted by Crippen LogP contribution is 2.11. The quantitative estimate of drug-likeness (QED) is 0.817. The van der Waals surface area contributed by atoms with Crippen LogP contribution < -0.4 is 0 Å². The predicted molar refractivity (Wildman–Crippen MR) is 66.5 cm³/mol. The Morgan fingerprint density at radius 2 is 1.71 bits per heavy atom. The molecule has 0 amide bonds. The first-order valence-corrected chi connectivity index (χ1v) is 5.81. The van der Waals surface area contributed by atoms with Crippen LogP contribution in [-0.2, 0) is 22.6 Å². The molecule has 0 aliphatic heterocycles. The highest BCUT2D eigenvalue weighted by molar-refractivity contribution is 5.70. The third kappa shape index (κ3) is 5.50. The molecule has 0 fully saturated rings. The molecule has 1 N–H and O–H groups in total. The normalized spacial score (nSPS) is 11.3. The van der Waals surface area contributed by atoms with Gasteiger partial charge in [0.2, 0.25) is 0 Å². The Bertz CT molecular complexity index is 360. The van der Waals surface area contributed by atoms with E-state index in [-0.39, 0.29) is 12.6 Å². The summed E-state index contributed by atoms with van der Waals surface area (Å²) in [4.78, 5) is 11.5. The van der Waals surface area contributed by atoms with E-state index in [0.717, 1.165) is 11.1 Å². The van der Waals surface area contributed by atoms with Crippen LogP contribution in [0.1, 0.15) is 38.3 Å². The maximum atomic E-state index is 11.5. The van der Waals surface area contributed by atoms with Crippen molar-refractivity contribution in [2.75, 3.05) is 0 Å². The molecular weight excluding hydrogens is 216 g/mol. The van der Waals surface area contributed by atoms with Gasteiger partial charge in [-0.15, -0.1) is 0 Å². The molecule has 0 radical (unpaired) electrons. The number of carbonyl (C=O) groups is 1. The van der Waals surface area contributed by atoms with E-state index in [1.807, 2.05) is 45.0 Å². The van der Waals surface area contributed by atoms with E-state index in [1.165, 1.54) is 0 Å². The van der Waals surface area contributed by atoms with Crippen LogP contribution in [0.5, 0.6) is 0 Å². The zero-order valence-electron chi connectivity index (χ0n) is 10.7. The van der Waals surface area contributed by atoms with E-state index < -0.39 is 5.60 Å². The van der Waals surface area contributed by atoms with E-state index in [9.17, 15) is 4.79 Å². The number of ether oxygens (including phenoxy) is 1. The molecule has 17 heavy (non-hydrogen) atoms. The minimum absolute atomic E-state index is 0.0480. The average Bonchev–Trinajstić information content (AvgIpc) is 2.25. The number of hydrogen-bond acceptors (Lipinski definition) is 3. The van der Waals surface area contributed by atoms with Gasteiger partial charge in [-0.05, 0) is 38.3 Å². The van der Waals surface area contributed by atoms with Crippen LogP contribution in [0.25, 0.3) is 0 Å². The Balaban J connectivity index is 2.42. The van der Waals surface area contributed by atoms with Gasteiger partial charge in [0, 0.05) is 6.42 Å². The van der Waals surface area contributed by atoms with Gasteiger partial charge in [0.1, 0.15) is 5.60 Å². The second-order valence-electron chi connectivity index (χ2n) is 5.06. The van der Waals surface area contributed by atoms with Gasteiger partial charge in [0.15, 0.2) is 0 Å². The molecule has 0 heterocycles. The minimum Gasteiger partial charge on any atom is -0.460 e. The summed E-state index contributed by atoms with van der Waals surface area (Å²) in [6.45, 7) is 5.63. The van der Waals surface area contributed by atoms with Crippen molar-refractivity contribution >= 4 is 5.97 Å². The summed E-state index contributed by atoms with van der Waals surface area (Å²) in [6, 6.07) is 7.58. The number of benzene rings is 1. The van der Waals surface area contributed by atoms with Crippen molar-refractivity contribution in [2.24, 2.45) is 0 Å². The molecule has 0 saturated carbocycles. The molecule has 0 spiro atoms. The van der Waals surface area contributed by atoms with Crippen molar-refractivity contribution in [3.63, 3.8) is 0 Å². The van der Waals surface area contributed by atoms with E-state index >= 15 is 0 Å². The van der Waals surface area contributed by atoms with Crippen LogP contribution in [0.4, 0.5) is 0 Å². The highest BCUT2D eigenvalue weighted by Gasteiger charge is 2.15. The lowest BCUT2D eigenvalue weighted by Crippen LogP contribution is -2.23. The number of aliphatic hydroxyl groups is 1. The maximum Gasteiger partial charge on any atom is 0.306 e. The van der Waals surface area contributed by atoms with Crippen LogP contribution in [0.3, 0.4) is 0 Å². The Labute approximate surface area is 102 Å². The topological polar surface area (TPSA) is 46.5 Å². The summed E-state index contributed by atoms with van der Waals surface area (Å²) in [5, 5.41) is 8.90. The number of hydrogen-bond donors (Lipinski definition) is 1. The molecule has 0 aromatic heterocycles. The van der Waals surface area contributed by atoms with Crippen molar-refractivity contribution in [2.45, 2.75) is 45.8 Å². The van der Waals surface area contributed by atoms with Gasteiger partial charge in [0.05, 0.1) is 6.61 Å². The summed E-state index contributed by atoms with van der Waals surface area (Å²) in [5.41, 5.74) is 1.54. The van der Waals surface area contributed by atoms with Crippen molar-refractivity contribution in [3.8, 4) is 0 Å². The molecule has 0 atom stereocenters. The zero-order valence-corrected chi connectivity index (χ0v) is 10.7. The van der Waals surface area contributed by atoms with E-state index in [0.29, 0.717) is 12.8 Å². The number of esters is 1. The summed E-state index contributed by atoms with van der Waals surface area (Å²) >= 11 is 0. The summed E-state index contributed by atoms with van der Waals surface area (Å²) < 4.78 is 5.23. The van der Waals surface area contributed by atoms with Gasteiger partial charge >= 0.3 is 5.97 Å². The minimum atomic E-state index is -0.419. The molecule has 0 saturated heterocycles. The van der Waals surface area contributed by atoms with Crippen molar-refractivity contribution in [3.05, 3.63) is 35.4 Å². The lowest BCUT2D eigenvalue weighted by atomic mass is 10.1. The molecule has 0 unspecified atom stereocenters. The van der Waals surface area contributed by atoms with Crippen LogP contribution in [0.2, 0.25) is 0 Å². The number of aliphatic hydroxyl groups excluding tert-OH is 1. The predicted octanol–water partition coefficient (Wildman–Crippen LogP) is 2.45. The van der Waals surface area contributed by atoms with Crippen LogP contribution in [-0.4, -0.2) is 16.7 Å². The lowest BCUT2D eigenvalue weighted by molar-refractivity contribution is -0.154. The average molecular weight is 236 g/mol. The van der Waals surface area contributed by atoms with Gasteiger partial charge in [0.25, 0.3) is 0 Å². The number of aryl methyl sites for hydroxylation is 1. The fourth-order valence-corrected chi connectivity index (χ4v) is 1.45. The Morgan fingerprint density at radius 3 is 2.18 bits per heavy atom. The molecule has 0 aliphatic rings. The summed E-state index contributed by atoms with van der Waals surface area (Å²) in [6.07, 6.45) is 1.05. The Kier molecular flexibility index (Phi) is 4.70. The number of rotatable bonds is 4. The third-order valence-corrected chi connectivity index (χ3v) is 2.24. The van der Waals surface area contributed by atoms with E-state index in [4.69, 9.17) is 9.84 Å². The van der Waals surface area contributed by atoms with Crippen LogP contribution in [0, 0.1) is 0 Å². The Hall–Kier alpha value is -1.35. The first kappa shape index (κ1) is 13.7. The first-order valence-electron chi connectivity index (χ1n) is 5.81. The smallest absolute Gasteiger partial charge is 0.306 e. The zero-order chi connectivity index (χ0) is 12.9. The SMILES string of the molecule is CC(C)(C)OC(=O)CCc1ccc(CO)cc1. The molecule has 0 bridgehead atoms. The highest BCUT2D eigenvalue weighted by atomic mass is 16.6. The third-order valence-electron chi connectivity index (χ3n) is 2.24. The second-order valence-corrected chi connectivity index (χ2v) is 5.06. The fourth-order valence-electron chi connectivity index (χ4n) is 1.45. The molecule has 1 aromatic carbocycles. The monoisotopic (exact) mass is 236 g/mol. The molecular formula is C14H20O3. The van der Waals surface area contributed by atoms with Gasteiger partial charge in [-0.25, -0.2) is 0 Å². The molecule has 94 valence electrons. The van der Waals surface area contributed by atoms with Crippen molar-refractivity contribution < 1.29 is 14.6 Å². The first-order chi connectivity index (χ1) is 7.90. The van der Waals surface area contributed by atoms with E-state index in [2.05, 4.69) is 0 Å². The molecule has 0 aliphatic carbocycles. The van der Waals surface area contributed by atoms with Gasteiger partial charge in [-0.1, -0.05) is 24.3 Å². The standard InChI is InChI=1S/C14H20O3/c1-14(2,3)17-13(16)9-8-11-4-6-12(10-15)7-5-11/h4-7,15H,8-10H2,1-3H3. The van der Waals surface area contributed by atoms with Crippen LogP contribution >= 0.6 is 0 Å². The van der Waals surface area contributed by atoms with Gasteiger partial charge in [-0.3, -0.25) is 4.79 Å². The molecule has 3 heteroatoms. The molecule has 3 nitrogen and oxygen atoms in total. The van der Waals surface area contributed by atoms with E-state index in [1.54, 1.807) is 0 Å². The number of carbonyl (C=O) groups excluding carboxylic acids is 1.